The number of carbonyl (C=O) groups is 1. The number of primary amides is 1. The predicted molar refractivity (Wildman–Crippen MR) is 73.2 cm³/mol. The number of nitrogens with zero attached hydrogens (tertiary/aromatic N) is 1. The molecular formula is C13H14BrN3O. The van der Waals surface area contributed by atoms with E-state index < -0.39 is 4.32 Å². The second kappa shape index (κ2) is 5.35. The summed E-state index contributed by atoms with van der Waals surface area (Å²) in [5.74, 6) is -0.381. The third-order valence-corrected chi connectivity index (χ3v) is 4.16. The van der Waals surface area contributed by atoms with Crippen LogP contribution in [0.15, 0.2) is 42.6 Å². The highest BCUT2D eigenvalue weighted by Crippen LogP contribution is 2.35. The maximum Gasteiger partial charge on any atom is 0.238 e. The van der Waals surface area contributed by atoms with Gasteiger partial charge in [-0.15, -0.1) is 0 Å². The molecule has 2 rings (SSSR count). The molecule has 2 aromatic rings. The highest BCUT2D eigenvalue weighted by atomic mass is 79.9. The Morgan fingerprint density at radius 1 is 1.33 bits per heavy atom. The summed E-state index contributed by atoms with van der Waals surface area (Å²) >= 11 is 3.49. The summed E-state index contributed by atoms with van der Waals surface area (Å²) in [4.78, 5) is 11.7. The molecule has 0 fully saturated rings. The van der Waals surface area contributed by atoms with Crippen LogP contribution in [-0.2, 0) is 15.5 Å². The van der Waals surface area contributed by atoms with Crippen molar-refractivity contribution in [3.8, 4) is 0 Å². The summed E-state index contributed by atoms with van der Waals surface area (Å²) in [6, 6.07) is 11.4. The van der Waals surface area contributed by atoms with E-state index in [1.54, 1.807) is 6.20 Å². The van der Waals surface area contributed by atoms with E-state index in [4.69, 9.17) is 5.73 Å². The lowest BCUT2D eigenvalue weighted by Gasteiger charge is -2.24. The average molecular weight is 308 g/mol. The van der Waals surface area contributed by atoms with Crippen LogP contribution >= 0.6 is 15.9 Å². The van der Waals surface area contributed by atoms with E-state index in [2.05, 4.69) is 26.1 Å². The number of hydrogen-bond donors (Lipinski definition) is 2. The van der Waals surface area contributed by atoms with Gasteiger partial charge in [0.1, 0.15) is 4.32 Å². The van der Waals surface area contributed by atoms with Gasteiger partial charge in [0, 0.05) is 11.9 Å². The molecule has 5 heteroatoms. The van der Waals surface area contributed by atoms with E-state index >= 15 is 0 Å². The normalized spacial score (nSPS) is 14.1. The number of aryl methyl sites for hydroxylation is 1. The van der Waals surface area contributed by atoms with Crippen molar-refractivity contribution in [3.63, 3.8) is 0 Å². The summed E-state index contributed by atoms with van der Waals surface area (Å²) in [6.45, 7) is 0. The van der Waals surface area contributed by atoms with Crippen LogP contribution in [-0.4, -0.2) is 16.1 Å². The van der Waals surface area contributed by atoms with Gasteiger partial charge in [-0.25, -0.2) is 0 Å². The fraction of sp³-hybridized carbons (Fsp3) is 0.231. The van der Waals surface area contributed by atoms with Crippen LogP contribution in [0.25, 0.3) is 0 Å². The van der Waals surface area contributed by atoms with Crippen molar-refractivity contribution in [3.05, 3.63) is 53.9 Å². The number of carbonyl (C=O) groups excluding carboxylic acids is 1. The molecule has 1 amide bonds. The molecular weight excluding hydrogens is 294 g/mol. The Bertz CT molecular complexity index is 512. The zero-order chi connectivity index (χ0) is 13.0. The number of nitrogens with one attached hydrogen (secondary N) is 1. The first kappa shape index (κ1) is 12.8. The first-order chi connectivity index (χ1) is 8.63. The molecule has 0 aliphatic carbocycles. The number of aromatic amines is 1. The number of rotatable bonds is 5. The van der Waals surface area contributed by atoms with Crippen LogP contribution in [0.5, 0.6) is 0 Å². The number of aromatic nitrogens is 2. The third kappa shape index (κ3) is 2.61. The van der Waals surface area contributed by atoms with Crippen LogP contribution < -0.4 is 5.73 Å². The summed E-state index contributed by atoms with van der Waals surface area (Å²) in [5, 5.41) is 6.76. The molecule has 1 unspecified atom stereocenters. The van der Waals surface area contributed by atoms with Gasteiger partial charge in [-0.2, -0.15) is 5.10 Å². The first-order valence-corrected chi connectivity index (χ1v) is 6.45. The molecule has 1 heterocycles. The number of amides is 1. The number of nitrogens with two attached hydrogens (primary N) is 1. The summed E-state index contributed by atoms with van der Waals surface area (Å²) in [7, 11) is 0. The lowest BCUT2D eigenvalue weighted by molar-refractivity contribution is -0.120. The van der Waals surface area contributed by atoms with Crippen molar-refractivity contribution in [2.24, 2.45) is 5.73 Å². The molecule has 1 aromatic carbocycles. The molecule has 18 heavy (non-hydrogen) atoms. The molecule has 0 saturated carbocycles. The van der Waals surface area contributed by atoms with Crippen molar-refractivity contribution in [1.82, 2.24) is 10.2 Å². The average Bonchev–Trinajstić information content (AvgIpc) is 2.90. The molecule has 0 aliphatic heterocycles. The molecule has 0 aliphatic rings. The number of alkyl halides is 1. The first-order valence-electron chi connectivity index (χ1n) is 5.65. The van der Waals surface area contributed by atoms with E-state index in [-0.39, 0.29) is 5.91 Å². The molecule has 1 atom stereocenters. The smallest absolute Gasteiger partial charge is 0.238 e. The van der Waals surface area contributed by atoms with E-state index in [0.717, 1.165) is 11.3 Å². The minimum Gasteiger partial charge on any atom is -0.368 e. The van der Waals surface area contributed by atoms with E-state index in [9.17, 15) is 4.79 Å². The van der Waals surface area contributed by atoms with Gasteiger partial charge in [-0.05, 0) is 24.5 Å². The molecule has 1 aromatic heterocycles. The number of benzene rings is 1. The van der Waals surface area contributed by atoms with Gasteiger partial charge in [0.05, 0.1) is 0 Å². The summed E-state index contributed by atoms with van der Waals surface area (Å²) < 4.78 is -0.834. The Hall–Kier alpha value is -1.62. The standard InChI is InChI=1S/C13H14BrN3O/c14-13(12(15)18,10-4-2-1-3-5-10)8-6-11-7-9-16-17-11/h1-5,7,9H,6,8H2,(H2,15,18)(H,16,17). The maximum absolute atomic E-state index is 11.7. The van der Waals surface area contributed by atoms with E-state index in [0.29, 0.717) is 12.8 Å². The summed E-state index contributed by atoms with van der Waals surface area (Å²) in [6.07, 6.45) is 2.97. The topological polar surface area (TPSA) is 71.8 Å². The van der Waals surface area contributed by atoms with Gasteiger partial charge in [0.2, 0.25) is 5.91 Å². The van der Waals surface area contributed by atoms with Gasteiger partial charge in [0.25, 0.3) is 0 Å². The van der Waals surface area contributed by atoms with Crippen molar-refractivity contribution < 1.29 is 4.79 Å². The highest BCUT2D eigenvalue weighted by molar-refractivity contribution is 9.10. The zero-order valence-electron chi connectivity index (χ0n) is 9.77. The minimum absolute atomic E-state index is 0.381. The lowest BCUT2D eigenvalue weighted by atomic mass is 9.92. The molecule has 4 nitrogen and oxygen atoms in total. The Kier molecular flexibility index (Phi) is 3.81. The Morgan fingerprint density at radius 2 is 2.06 bits per heavy atom. The van der Waals surface area contributed by atoms with Gasteiger partial charge < -0.3 is 5.73 Å². The van der Waals surface area contributed by atoms with E-state index in [1.165, 1.54) is 0 Å². The predicted octanol–water partition coefficient (Wildman–Crippen LogP) is 2.12. The van der Waals surface area contributed by atoms with Crippen LogP contribution in [0.1, 0.15) is 17.7 Å². The Morgan fingerprint density at radius 3 is 2.61 bits per heavy atom. The zero-order valence-corrected chi connectivity index (χ0v) is 11.4. The summed E-state index contributed by atoms with van der Waals surface area (Å²) in [5.41, 5.74) is 7.39. The van der Waals surface area contributed by atoms with Crippen LogP contribution in [0.2, 0.25) is 0 Å². The second-order valence-electron chi connectivity index (χ2n) is 4.11. The van der Waals surface area contributed by atoms with Crippen LogP contribution in [0, 0.1) is 0 Å². The van der Waals surface area contributed by atoms with Crippen molar-refractivity contribution >= 4 is 21.8 Å². The molecule has 0 bridgehead atoms. The van der Waals surface area contributed by atoms with E-state index in [1.807, 2.05) is 36.4 Å². The third-order valence-electron chi connectivity index (χ3n) is 2.92. The largest absolute Gasteiger partial charge is 0.368 e. The second-order valence-corrected chi connectivity index (χ2v) is 5.47. The monoisotopic (exact) mass is 307 g/mol. The lowest BCUT2D eigenvalue weighted by Crippen LogP contribution is -2.36. The fourth-order valence-corrected chi connectivity index (χ4v) is 2.31. The van der Waals surface area contributed by atoms with Gasteiger partial charge in [-0.3, -0.25) is 9.89 Å². The minimum atomic E-state index is -0.834. The Labute approximate surface area is 114 Å². The van der Waals surface area contributed by atoms with Crippen LogP contribution in [0.4, 0.5) is 0 Å². The van der Waals surface area contributed by atoms with Crippen molar-refractivity contribution in [1.29, 1.82) is 0 Å². The molecule has 0 saturated heterocycles. The number of halogens is 1. The van der Waals surface area contributed by atoms with Gasteiger partial charge >= 0.3 is 0 Å². The van der Waals surface area contributed by atoms with Gasteiger partial charge in [-0.1, -0.05) is 46.3 Å². The van der Waals surface area contributed by atoms with Gasteiger partial charge in [0.15, 0.2) is 0 Å². The number of H-pyrrole nitrogens is 1. The van der Waals surface area contributed by atoms with Crippen molar-refractivity contribution in [2.75, 3.05) is 0 Å². The quantitative estimate of drug-likeness (QED) is 0.831. The highest BCUT2D eigenvalue weighted by Gasteiger charge is 2.35. The SMILES string of the molecule is NC(=O)C(Br)(CCc1ccn[nH]1)c1ccccc1. The molecule has 94 valence electrons. The Balaban J connectivity index is 2.20. The molecule has 0 spiro atoms. The van der Waals surface area contributed by atoms with Crippen LogP contribution in [0.3, 0.4) is 0 Å². The maximum atomic E-state index is 11.7. The van der Waals surface area contributed by atoms with Crippen molar-refractivity contribution in [2.45, 2.75) is 17.2 Å². The fourth-order valence-electron chi connectivity index (χ4n) is 1.84. The molecule has 3 N–H and O–H groups in total. The number of hydrogen-bond acceptors (Lipinski definition) is 2. The molecule has 0 radical (unpaired) electrons.